The summed E-state index contributed by atoms with van der Waals surface area (Å²) in [5.41, 5.74) is 1.38. The van der Waals surface area contributed by atoms with Crippen LogP contribution in [0.25, 0.3) is 0 Å². The Labute approximate surface area is 120 Å². The quantitative estimate of drug-likeness (QED) is 0.648. The van der Waals surface area contributed by atoms with E-state index in [-0.39, 0.29) is 17.0 Å². The minimum absolute atomic E-state index is 0.253. The van der Waals surface area contributed by atoms with E-state index < -0.39 is 12.0 Å². The number of rotatable bonds is 3. The van der Waals surface area contributed by atoms with Crippen molar-refractivity contribution in [2.75, 3.05) is 10.6 Å². The molecule has 108 valence electrons. The molecule has 1 aromatic heterocycles. The molecule has 0 unspecified atom stereocenters. The van der Waals surface area contributed by atoms with Gasteiger partial charge >= 0.3 is 12.0 Å². The number of aromatic carboxylic acids is 1. The van der Waals surface area contributed by atoms with Gasteiger partial charge in [-0.3, -0.25) is 4.98 Å². The summed E-state index contributed by atoms with van der Waals surface area (Å²) < 4.78 is 0. The number of carboxylic acid groups (broad SMARTS) is 1. The van der Waals surface area contributed by atoms with Crippen molar-refractivity contribution in [2.24, 2.45) is 0 Å². The second-order valence-electron chi connectivity index (χ2n) is 4.37. The fourth-order valence-corrected chi connectivity index (χ4v) is 1.70. The van der Waals surface area contributed by atoms with E-state index in [9.17, 15) is 14.7 Å². The number of benzene rings is 1. The Kier molecular flexibility index (Phi) is 4.03. The molecule has 7 nitrogen and oxygen atoms in total. The predicted octanol–water partition coefficient (Wildman–Crippen LogP) is 2.44. The number of amides is 2. The molecule has 0 spiro atoms. The Morgan fingerprint density at radius 2 is 1.81 bits per heavy atom. The molecule has 2 aromatic rings. The van der Waals surface area contributed by atoms with Crippen LogP contribution in [0.15, 0.2) is 36.7 Å². The van der Waals surface area contributed by atoms with Crippen LogP contribution < -0.4 is 10.6 Å². The third kappa shape index (κ3) is 3.69. The van der Waals surface area contributed by atoms with Crippen LogP contribution in [0.1, 0.15) is 15.9 Å². The number of pyridine rings is 1. The molecule has 7 heteroatoms. The number of aromatic nitrogens is 1. The van der Waals surface area contributed by atoms with Crippen molar-refractivity contribution in [3.05, 3.63) is 47.8 Å². The lowest BCUT2D eigenvalue weighted by molar-refractivity contribution is 0.0693. The molecule has 0 saturated heterocycles. The summed E-state index contributed by atoms with van der Waals surface area (Å²) in [5.74, 6) is -1.64. The Morgan fingerprint density at radius 1 is 1.10 bits per heavy atom. The van der Waals surface area contributed by atoms with Gasteiger partial charge in [0.25, 0.3) is 0 Å². The number of nitrogens with one attached hydrogen (secondary N) is 2. The van der Waals surface area contributed by atoms with Gasteiger partial charge in [0.05, 0.1) is 11.9 Å². The number of nitrogens with zero attached hydrogens (tertiary/aromatic N) is 1. The molecule has 0 bridgehead atoms. The van der Waals surface area contributed by atoms with Crippen LogP contribution in [0.4, 0.5) is 16.2 Å². The number of carbonyl (C=O) groups is 2. The lowest BCUT2D eigenvalue weighted by Gasteiger charge is -2.09. The summed E-state index contributed by atoms with van der Waals surface area (Å²) in [7, 11) is 0. The van der Waals surface area contributed by atoms with Crippen LogP contribution >= 0.6 is 0 Å². The van der Waals surface area contributed by atoms with Gasteiger partial charge in [-0.2, -0.15) is 0 Å². The standard InChI is InChI=1S/C14H13N3O4/c1-8-4-10(7-15-6-8)17-14(21)16-9-2-3-12(18)11(5-9)13(19)20/h2-7,18H,1H3,(H,19,20)(H2,16,17,21). The number of aromatic hydroxyl groups is 1. The molecule has 0 atom stereocenters. The van der Waals surface area contributed by atoms with Crippen molar-refractivity contribution in [1.29, 1.82) is 0 Å². The van der Waals surface area contributed by atoms with Crippen molar-refractivity contribution in [3.8, 4) is 5.75 Å². The normalized spacial score (nSPS) is 9.95. The molecular formula is C14H13N3O4. The summed E-state index contributed by atoms with van der Waals surface area (Å²) in [6.07, 6.45) is 3.15. The molecule has 2 rings (SSSR count). The molecule has 1 aromatic carbocycles. The first-order chi connectivity index (χ1) is 9.95. The van der Waals surface area contributed by atoms with Gasteiger partial charge in [-0.1, -0.05) is 0 Å². The number of hydrogen-bond acceptors (Lipinski definition) is 4. The zero-order valence-corrected chi connectivity index (χ0v) is 11.1. The Bertz CT molecular complexity index is 700. The van der Waals surface area contributed by atoms with Crippen molar-refractivity contribution < 1.29 is 19.8 Å². The van der Waals surface area contributed by atoms with Gasteiger partial charge < -0.3 is 20.8 Å². The number of anilines is 2. The van der Waals surface area contributed by atoms with Gasteiger partial charge in [0.1, 0.15) is 11.3 Å². The highest BCUT2D eigenvalue weighted by Gasteiger charge is 2.11. The van der Waals surface area contributed by atoms with Crippen LogP contribution in [-0.2, 0) is 0 Å². The molecule has 0 aliphatic carbocycles. The number of carboxylic acids is 1. The van der Waals surface area contributed by atoms with Crippen LogP contribution in [0.2, 0.25) is 0 Å². The van der Waals surface area contributed by atoms with Crippen molar-refractivity contribution >= 4 is 23.4 Å². The minimum Gasteiger partial charge on any atom is -0.507 e. The van der Waals surface area contributed by atoms with E-state index in [4.69, 9.17) is 5.11 Å². The number of hydrogen-bond donors (Lipinski definition) is 4. The first kappa shape index (κ1) is 14.3. The molecule has 2 amide bonds. The van der Waals surface area contributed by atoms with E-state index in [0.717, 1.165) is 5.56 Å². The van der Waals surface area contributed by atoms with E-state index in [1.807, 2.05) is 6.92 Å². The average Bonchev–Trinajstić information content (AvgIpc) is 2.40. The van der Waals surface area contributed by atoms with E-state index in [1.54, 1.807) is 12.3 Å². The third-order valence-electron chi connectivity index (χ3n) is 2.62. The molecule has 0 aliphatic heterocycles. The van der Waals surface area contributed by atoms with Gasteiger partial charge in [0.15, 0.2) is 0 Å². The predicted molar refractivity (Wildman–Crippen MR) is 76.7 cm³/mol. The highest BCUT2D eigenvalue weighted by Crippen LogP contribution is 2.21. The highest BCUT2D eigenvalue weighted by atomic mass is 16.4. The summed E-state index contributed by atoms with van der Waals surface area (Å²) >= 11 is 0. The van der Waals surface area contributed by atoms with E-state index in [2.05, 4.69) is 15.6 Å². The van der Waals surface area contributed by atoms with Crippen LogP contribution in [0.3, 0.4) is 0 Å². The molecule has 0 aliphatic rings. The fraction of sp³-hybridized carbons (Fsp3) is 0.0714. The van der Waals surface area contributed by atoms with Crippen LogP contribution in [0.5, 0.6) is 5.75 Å². The maximum absolute atomic E-state index is 11.8. The van der Waals surface area contributed by atoms with E-state index in [1.165, 1.54) is 24.4 Å². The molecular weight excluding hydrogens is 274 g/mol. The molecule has 0 saturated carbocycles. The summed E-state index contributed by atoms with van der Waals surface area (Å²) in [5, 5.41) is 23.3. The van der Waals surface area contributed by atoms with E-state index >= 15 is 0 Å². The van der Waals surface area contributed by atoms with Gasteiger partial charge in [0, 0.05) is 11.9 Å². The molecule has 4 N–H and O–H groups in total. The maximum Gasteiger partial charge on any atom is 0.339 e. The third-order valence-corrected chi connectivity index (χ3v) is 2.62. The SMILES string of the molecule is Cc1cncc(NC(=O)Nc2ccc(O)c(C(=O)O)c2)c1. The Balaban J connectivity index is 2.09. The Morgan fingerprint density at radius 3 is 2.48 bits per heavy atom. The first-order valence-corrected chi connectivity index (χ1v) is 6.01. The smallest absolute Gasteiger partial charge is 0.339 e. The second-order valence-corrected chi connectivity index (χ2v) is 4.37. The first-order valence-electron chi connectivity index (χ1n) is 6.01. The largest absolute Gasteiger partial charge is 0.507 e. The molecule has 21 heavy (non-hydrogen) atoms. The number of aryl methyl sites for hydroxylation is 1. The lowest BCUT2D eigenvalue weighted by Crippen LogP contribution is -2.19. The number of phenols is 1. The summed E-state index contributed by atoms with van der Waals surface area (Å²) in [4.78, 5) is 26.6. The highest BCUT2D eigenvalue weighted by molar-refractivity contribution is 6.01. The molecule has 0 radical (unpaired) electrons. The van der Waals surface area contributed by atoms with Gasteiger partial charge in [-0.15, -0.1) is 0 Å². The topological polar surface area (TPSA) is 112 Å². The maximum atomic E-state index is 11.8. The van der Waals surface area contributed by atoms with Crippen LogP contribution in [-0.4, -0.2) is 27.2 Å². The van der Waals surface area contributed by atoms with Crippen molar-refractivity contribution in [1.82, 2.24) is 4.98 Å². The zero-order chi connectivity index (χ0) is 15.4. The second kappa shape index (κ2) is 5.91. The number of carbonyl (C=O) groups excluding carboxylic acids is 1. The molecule has 1 heterocycles. The summed E-state index contributed by atoms with van der Waals surface area (Å²) in [6, 6.07) is 4.98. The van der Waals surface area contributed by atoms with Gasteiger partial charge in [-0.05, 0) is 36.8 Å². The number of urea groups is 1. The monoisotopic (exact) mass is 287 g/mol. The molecule has 0 fully saturated rings. The Hall–Kier alpha value is -3.09. The zero-order valence-electron chi connectivity index (χ0n) is 11.1. The lowest BCUT2D eigenvalue weighted by atomic mass is 10.2. The summed E-state index contributed by atoms with van der Waals surface area (Å²) in [6.45, 7) is 1.84. The van der Waals surface area contributed by atoms with Gasteiger partial charge in [0.2, 0.25) is 0 Å². The van der Waals surface area contributed by atoms with Gasteiger partial charge in [-0.25, -0.2) is 9.59 Å². The fourth-order valence-electron chi connectivity index (χ4n) is 1.70. The average molecular weight is 287 g/mol. The van der Waals surface area contributed by atoms with Crippen molar-refractivity contribution in [2.45, 2.75) is 6.92 Å². The minimum atomic E-state index is -1.28. The van der Waals surface area contributed by atoms with Crippen molar-refractivity contribution in [3.63, 3.8) is 0 Å². The van der Waals surface area contributed by atoms with E-state index in [0.29, 0.717) is 5.69 Å². The van der Waals surface area contributed by atoms with Crippen LogP contribution in [0, 0.1) is 6.92 Å².